The van der Waals surface area contributed by atoms with E-state index in [1.165, 1.54) is 12.1 Å². The van der Waals surface area contributed by atoms with E-state index in [0.717, 1.165) is 32.6 Å². The average molecular weight is 318 g/mol. The number of amides is 1. The molecule has 0 radical (unpaired) electrons. The minimum Gasteiger partial charge on any atom is -0.505 e. The maximum Gasteiger partial charge on any atom is 0.238 e. The summed E-state index contributed by atoms with van der Waals surface area (Å²) in [7, 11) is 0. The van der Waals surface area contributed by atoms with Crippen LogP contribution in [0.1, 0.15) is 6.42 Å². The van der Waals surface area contributed by atoms with E-state index in [1.54, 1.807) is 0 Å². The number of nitrogens with one attached hydrogen (secondary N) is 2. The van der Waals surface area contributed by atoms with Crippen LogP contribution in [0.3, 0.4) is 0 Å². The second-order valence-corrected chi connectivity index (χ2v) is 5.53. The SMILES string of the molecule is O=C(CN1CCCNCC1)Nc1cc(Cl)c(O)c(Cl)c1. The summed E-state index contributed by atoms with van der Waals surface area (Å²) in [5.74, 6) is -0.297. The van der Waals surface area contributed by atoms with Crippen LogP contribution in [-0.2, 0) is 4.79 Å². The molecule has 0 aromatic heterocycles. The molecule has 1 heterocycles. The van der Waals surface area contributed by atoms with Gasteiger partial charge in [0.15, 0.2) is 5.75 Å². The Morgan fingerprint density at radius 2 is 2.00 bits per heavy atom. The number of nitrogens with zero attached hydrogens (tertiary/aromatic N) is 1. The van der Waals surface area contributed by atoms with Gasteiger partial charge in [-0.2, -0.15) is 0 Å². The topological polar surface area (TPSA) is 64.6 Å². The number of rotatable bonds is 3. The third-order valence-corrected chi connectivity index (χ3v) is 3.68. The lowest BCUT2D eigenvalue weighted by Gasteiger charge is -2.18. The number of benzene rings is 1. The summed E-state index contributed by atoms with van der Waals surface area (Å²) in [6.45, 7) is 3.96. The molecule has 3 N–H and O–H groups in total. The second kappa shape index (κ2) is 7.13. The Balaban J connectivity index is 1.94. The van der Waals surface area contributed by atoms with Crippen LogP contribution in [0, 0.1) is 0 Å². The van der Waals surface area contributed by atoms with Crippen LogP contribution in [0.15, 0.2) is 12.1 Å². The van der Waals surface area contributed by atoms with Gasteiger partial charge in [-0.25, -0.2) is 0 Å². The molecule has 20 heavy (non-hydrogen) atoms. The lowest BCUT2D eigenvalue weighted by atomic mass is 10.3. The summed E-state index contributed by atoms with van der Waals surface area (Å²) in [4.78, 5) is 14.1. The normalized spacial score (nSPS) is 16.7. The van der Waals surface area contributed by atoms with E-state index in [2.05, 4.69) is 15.5 Å². The predicted octanol–water partition coefficient (Wildman–Crippen LogP) is 1.93. The van der Waals surface area contributed by atoms with Gasteiger partial charge in [-0.1, -0.05) is 23.2 Å². The first-order chi connectivity index (χ1) is 9.56. The summed E-state index contributed by atoms with van der Waals surface area (Å²) in [6.07, 6.45) is 1.03. The second-order valence-electron chi connectivity index (χ2n) is 4.72. The van der Waals surface area contributed by atoms with E-state index >= 15 is 0 Å². The van der Waals surface area contributed by atoms with Crippen molar-refractivity contribution in [2.75, 3.05) is 38.0 Å². The molecule has 0 spiro atoms. The van der Waals surface area contributed by atoms with Crippen molar-refractivity contribution in [1.82, 2.24) is 10.2 Å². The molecule has 0 saturated carbocycles. The van der Waals surface area contributed by atoms with E-state index in [0.29, 0.717) is 12.2 Å². The Kier molecular flexibility index (Phi) is 5.48. The van der Waals surface area contributed by atoms with Crippen molar-refractivity contribution in [3.63, 3.8) is 0 Å². The summed E-state index contributed by atoms with van der Waals surface area (Å²) in [6, 6.07) is 2.95. The Morgan fingerprint density at radius 1 is 1.30 bits per heavy atom. The van der Waals surface area contributed by atoms with Gasteiger partial charge in [-0.3, -0.25) is 9.69 Å². The highest BCUT2D eigenvalue weighted by atomic mass is 35.5. The zero-order chi connectivity index (χ0) is 14.5. The number of phenolic OH excluding ortho intramolecular Hbond substituents is 1. The van der Waals surface area contributed by atoms with Crippen molar-refractivity contribution < 1.29 is 9.90 Å². The lowest BCUT2D eigenvalue weighted by Crippen LogP contribution is -2.35. The third-order valence-electron chi connectivity index (χ3n) is 3.10. The molecule has 1 fully saturated rings. The number of phenols is 1. The van der Waals surface area contributed by atoms with E-state index < -0.39 is 0 Å². The molecule has 5 nitrogen and oxygen atoms in total. The summed E-state index contributed by atoms with van der Waals surface area (Å²) < 4.78 is 0. The van der Waals surface area contributed by atoms with Crippen LogP contribution in [-0.4, -0.2) is 48.6 Å². The molecule has 1 amide bonds. The first kappa shape index (κ1) is 15.4. The minimum absolute atomic E-state index is 0.117. The number of aromatic hydroxyl groups is 1. The van der Waals surface area contributed by atoms with Crippen LogP contribution in [0.25, 0.3) is 0 Å². The molecule has 1 aromatic carbocycles. The molecule has 0 unspecified atom stereocenters. The fourth-order valence-electron chi connectivity index (χ4n) is 2.10. The van der Waals surface area contributed by atoms with Crippen molar-refractivity contribution in [3.05, 3.63) is 22.2 Å². The van der Waals surface area contributed by atoms with Gasteiger partial charge in [-0.05, 0) is 31.6 Å². The van der Waals surface area contributed by atoms with Gasteiger partial charge in [-0.15, -0.1) is 0 Å². The highest BCUT2D eigenvalue weighted by Gasteiger charge is 2.14. The molecule has 1 aliphatic heterocycles. The molecule has 7 heteroatoms. The maximum absolute atomic E-state index is 12.0. The number of hydrogen-bond donors (Lipinski definition) is 3. The first-order valence-electron chi connectivity index (χ1n) is 6.47. The van der Waals surface area contributed by atoms with E-state index in [-0.39, 0.29) is 21.7 Å². The molecular weight excluding hydrogens is 301 g/mol. The van der Waals surface area contributed by atoms with Gasteiger partial charge < -0.3 is 15.7 Å². The highest BCUT2D eigenvalue weighted by molar-refractivity contribution is 6.37. The predicted molar refractivity (Wildman–Crippen MR) is 80.7 cm³/mol. The minimum atomic E-state index is -0.176. The largest absolute Gasteiger partial charge is 0.505 e. The van der Waals surface area contributed by atoms with Crippen LogP contribution in [0.5, 0.6) is 5.75 Å². The van der Waals surface area contributed by atoms with Crippen LogP contribution >= 0.6 is 23.2 Å². The summed E-state index contributed by atoms with van der Waals surface area (Å²) in [5.41, 5.74) is 0.482. The third kappa shape index (κ3) is 4.24. The molecule has 0 atom stereocenters. The molecule has 1 aromatic rings. The number of anilines is 1. The van der Waals surface area contributed by atoms with Crippen LogP contribution < -0.4 is 10.6 Å². The highest BCUT2D eigenvalue weighted by Crippen LogP contribution is 2.34. The number of carbonyl (C=O) groups is 1. The van der Waals surface area contributed by atoms with Crippen LogP contribution in [0.4, 0.5) is 5.69 Å². The molecule has 0 bridgehead atoms. The van der Waals surface area contributed by atoms with Gasteiger partial charge in [0.1, 0.15) is 0 Å². The number of halogens is 2. The van der Waals surface area contributed by atoms with Gasteiger partial charge in [0, 0.05) is 18.8 Å². The lowest BCUT2D eigenvalue weighted by molar-refractivity contribution is -0.117. The van der Waals surface area contributed by atoms with Crippen molar-refractivity contribution >= 4 is 34.8 Å². The Labute approximate surface area is 127 Å². The molecule has 110 valence electrons. The van der Waals surface area contributed by atoms with Crippen molar-refractivity contribution in [1.29, 1.82) is 0 Å². The van der Waals surface area contributed by atoms with Crippen LogP contribution in [0.2, 0.25) is 10.0 Å². The number of carbonyl (C=O) groups excluding carboxylic acids is 1. The molecule has 1 saturated heterocycles. The van der Waals surface area contributed by atoms with E-state index in [9.17, 15) is 9.90 Å². The van der Waals surface area contributed by atoms with Gasteiger partial charge in [0.05, 0.1) is 16.6 Å². The fraction of sp³-hybridized carbons (Fsp3) is 0.462. The van der Waals surface area contributed by atoms with Crippen molar-refractivity contribution in [2.24, 2.45) is 0 Å². The molecule has 0 aliphatic carbocycles. The summed E-state index contributed by atoms with van der Waals surface area (Å²) >= 11 is 11.6. The quantitative estimate of drug-likeness (QED) is 0.745. The average Bonchev–Trinajstić information content (AvgIpc) is 2.64. The molecule has 1 aliphatic rings. The first-order valence-corrected chi connectivity index (χ1v) is 7.23. The molecular formula is C13H17Cl2N3O2. The van der Waals surface area contributed by atoms with Crippen molar-refractivity contribution in [3.8, 4) is 5.75 Å². The Hall–Kier alpha value is -1.01. The zero-order valence-corrected chi connectivity index (χ0v) is 12.5. The smallest absolute Gasteiger partial charge is 0.238 e. The Morgan fingerprint density at radius 3 is 2.70 bits per heavy atom. The summed E-state index contributed by atoms with van der Waals surface area (Å²) in [5, 5.41) is 15.7. The van der Waals surface area contributed by atoms with E-state index in [4.69, 9.17) is 23.2 Å². The Bertz CT molecular complexity index is 465. The number of hydrogen-bond acceptors (Lipinski definition) is 4. The fourth-order valence-corrected chi connectivity index (χ4v) is 2.59. The van der Waals surface area contributed by atoms with Gasteiger partial charge in [0.2, 0.25) is 5.91 Å². The van der Waals surface area contributed by atoms with Gasteiger partial charge in [0.25, 0.3) is 0 Å². The maximum atomic E-state index is 12.0. The molecule has 2 rings (SSSR count). The standard InChI is InChI=1S/C13H17Cl2N3O2/c14-10-6-9(7-11(15)13(10)20)17-12(19)8-18-4-1-2-16-3-5-18/h6-7,16,20H,1-5,8H2,(H,17,19). The van der Waals surface area contributed by atoms with Crippen molar-refractivity contribution in [2.45, 2.75) is 6.42 Å². The zero-order valence-electron chi connectivity index (χ0n) is 11.0. The monoisotopic (exact) mass is 317 g/mol. The van der Waals surface area contributed by atoms with Gasteiger partial charge >= 0.3 is 0 Å². The van der Waals surface area contributed by atoms with E-state index in [1.807, 2.05) is 0 Å².